The molecule has 3 unspecified atom stereocenters. The Labute approximate surface area is 247 Å². The zero-order chi connectivity index (χ0) is 29.5. The molecule has 0 bridgehead atoms. The Morgan fingerprint density at radius 1 is 0.650 bits per heavy atom. The number of allylic oxidation sites excluding steroid dienone is 5. The summed E-state index contributed by atoms with van der Waals surface area (Å²) in [6.07, 6.45) is 35.6. The molecule has 40 heavy (non-hydrogen) atoms. The van der Waals surface area contributed by atoms with Gasteiger partial charge < -0.3 is 20.6 Å². The van der Waals surface area contributed by atoms with Crippen LogP contribution >= 0.6 is 0 Å². The maximum Gasteiger partial charge on any atom is 0.222 e. The maximum atomic E-state index is 12.3. The molecule has 5 nitrogen and oxygen atoms in total. The van der Waals surface area contributed by atoms with E-state index in [1.54, 1.807) is 6.08 Å². The van der Waals surface area contributed by atoms with Gasteiger partial charge in [0.15, 0.2) is 0 Å². The third-order valence-electron chi connectivity index (χ3n) is 7.42. The first-order chi connectivity index (χ1) is 19.5. The minimum Gasteiger partial charge on any atom is -0.394 e. The maximum absolute atomic E-state index is 12.3. The topological polar surface area (TPSA) is 89.8 Å². The summed E-state index contributed by atoms with van der Waals surface area (Å²) in [7, 11) is 0. The normalized spacial score (nSPS) is 14.4. The van der Waals surface area contributed by atoms with Crippen molar-refractivity contribution in [2.24, 2.45) is 0 Å². The summed E-state index contributed by atoms with van der Waals surface area (Å²) in [5.41, 5.74) is 0. The molecule has 0 heterocycles. The smallest absolute Gasteiger partial charge is 0.222 e. The van der Waals surface area contributed by atoms with E-state index in [-0.39, 0.29) is 18.9 Å². The van der Waals surface area contributed by atoms with Gasteiger partial charge in [-0.2, -0.15) is 0 Å². The number of carbonyl (C=O) groups excluding carboxylic acids is 1. The highest BCUT2D eigenvalue weighted by molar-refractivity contribution is 5.76. The van der Waals surface area contributed by atoms with Crippen LogP contribution < -0.4 is 5.32 Å². The van der Waals surface area contributed by atoms with E-state index in [2.05, 4.69) is 43.5 Å². The van der Waals surface area contributed by atoms with E-state index in [0.717, 1.165) is 44.9 Å². The lowest BCUT2D eigenvalue weighted by molar-refractivity contribution is -0.124. The number of aliphatic hydroxyl groups is 3. The summed E-state index contributed by atoms with van der Waals surface area (Å²) in [6.45, 7) is 4.05. The molecule has 234 valence electrons. The van der Waals surface area contributed by atoms with Gasteiger partial charge in [-0.3, -0.25) is 4.79 Å². The third-order valence-corrected chi connectivity index (χ3v) is 7.42. The van der Waals surface area contributed by atoms with E-state index < -0.39 is 18.2 Å². The molecule has 0 aromatic heterocycles. The molecule has 0 spiro atoms. The summed E-state index contributed by atoms with van der Waals surface area (Å²) < 4.78 is 0. The van der Waals surface area contributed by atoms with Crippen molar-refractivity contribution >= 4 is 5.91 Å². The molecule has 0 aliphatic rings. The van der Waals surface area contributed by atoms with Crippen LogP contribution in [0.2, 0.25) is 0 Å². The molecular formula is C35H65NO4. The molecular weight excluding hydrogens is 498 g/mol. The Hall–Kier alpha value is -1.43. The van der Waals surface area contributed by atoms with Crippen LogP contribution in [0.4, 0.5) is 0 Å². The lowest BCUT2D eigenvalue weighted by atomic mass is 10.0. The summed E-state index contributed by atoms with van der Waals surface area (Å²) in [5, 5.41) is 32.8. The van der Waals surface area contributed by atoms with E-state index in [1.165, 1.54) is 83.5 Å². The predicted molar refractivity (Wildman–Crippen MR) is 171 cm³/mol. The van der Waals surface area contributed by atoms with Crippen molar-refractivity contribution in [3.8, 4) is 0 Å². The lowest BCUT2D eigenvalue weighted by Crippen LogP contribution is -2.45. The van der Waals surface area contributed by atoms with Gasteiger partial charge in [-0.05, 0) is 38.5 Å². The second kappa shape index (κ2) is 30.5. The van der Waals surface area contributed by atoms with E-state index in [9.17, 15) is 20.1 Å². The first-order valence-corrected chi connectivity index (χ1v) is 16.8. The fourth-order valence-electron chi connectivity index (χ4n) is 4.85. The van der Waals surface area contributed by atoms with Gasteiger partial charge in [-0.25, -0.2) is 0 Å². The van der Waals surface area contributed by atoms with Gasteiger partial charge in [0.2, 0.25) is 5.91 Å². The van der Waals surface area contributed by atoms with E-state index in [1.807, 2.05) is 6.08 Å². The van der Waals surface area contributed by atoms with Crippen molar-refractivity contribution in [3.63, 3.8) is 0 Å². The third kappa shape index (κ3) is 26.8. The summed E-state index contributed by atoms with van der Waals surface area (Å²) in [4.78, 5) is 12.3. The number of hydrogen-bond acceptors (Lipinski definition) is 4. The van der Waals surface area contributed by atoms with Gasteiger partial charge in [-0.1, -0.05) is 147 Å². The zero-order valence-corrected chi connectivity index (χ0v) is 26.2. The molecule has 0 radical (unpaired) electrons. The van der Waals surface area contributed by atoms with Gasteiger partial charge >= 0.3 is 0 Å². The van der Waals surface area contributed by atoms with Gasteiger partial charge in [0.1, 0.15) is 0 Å². The van der Waals surface area contributed by atoms with Crippen molar-refractivity contribution in [1.82, 2.24) is 5.32 Å². The summed E-state index contributed by atoms with van der Waals surface area (Å²) >= 11 is 0. The average molecular weight is 564 g/mol. The van der Waals surface area contributed by atoms with Gasteiger partial charge in [-0.15, -0.1) is 0 Å². The van der Waals surface area contributed by atoms with Crippen molar-refractivity contribution in [1.29, 1.82) is 0 Å². The number of unbranched alkanes of at least 4 members (excludes halogenated alkanes) is 16. The average Bonchev–Trinajstić information content (AvgIpc) is 2.94. The summed E-state index contributed by atoms with van der Waals surface area (Å²) in [6, 6.07) is -0.761. The largest absolute Gasteiger partial charge is 0.394 e. The van der Waals surface area contributed by atoms with Gasteiger partial charge in [0.25, 0.3) is 0 Å². The fourth-order valence-corrected chi connectivity index (χ4v) is 4.85. The number of rotatable bonds is 29. The molecule has 1 amide bonds. The van der Waals surface area contributed by atoms with Crippen molar-refractivity contribution in [2.75, 3.05) is 6.61 Å². The van der Waals surface area contributed by atoms with Crippen LogP contribution in [0, 0.1) is 0 Å². The SMILES string of the molecule is CC/C=C/CC/C=C/CC/C=C/C(O)C(CO)NC(=O)CC(O)CCCCCCCCCCCCCCCCC. The molecule has 0 saturated heterocycles. The predicted octanol–water partition coefficient (Wildman–Crippen LogP) is 8.48. The summed E-state index contributed by atoms with van der Waals surface area (Å²) in [5.74, 6) is -0.333. The Morgan fingerprint density at radius 3 is 1.57 bits per heavy atom. The molecule has 3 atom stereocenters. The zero-order valence-electron chi connectivity index (χ0n) is 26.2. The van der Waals surface area contributed by atoms with Crippen molar-refractivity contribution in [3.05, 3.63) is 36.5 Å². The highest BCUT2D eigenvalue weighted by atomic mass is 16.3. The van der Waals surface area contributed by atoms with Crippen LogP contribution in [0.15, 0.2) is 36.5 Å². The van der Waals surface area contributed by atoms with Crippen LogP contribution in [0.25, 0.3) is 0 Å². The number of nitrogens with one attached hydrogen (secondary N) is 1. The molecule has 0 aliphatic carbocycles. The second-order valence-corrected chi connectivity index (χ2v) is 11.4. The van der Waals surface area contributed by atoms with Crippen LogP contribution in [0.3, 0.4) is 0 Å². The highest BCUT2D eigenvalue weighted by Crippen LogP contribution is 2.14. The number of hydrogen-bond donors (Lipinski definition) is 4. The van der Waals surface area contributed by atoms with E-state index in [4.69, 9.17) is 0 Å². The Kier molecular flexibility index (Phi) is 29.4. The van der Waals surface area contributed by atoms with Crippen LogP contribution in [0.5, 0.6) is 0 Å². The Morgan fingerprint density at radius 2 is 1.10 bits per heavy atom. The molecule has 0 aliphatic heterocycles. The number of aliphatic hydroxyl groups excluding tert-OH is 3. The molecule has 0 aromatic carbocycles. The Balaban J connectivity index is 3.78. The van der Waals surface area contributed by atoms with Crippen LogP contribution in [-0.2, 0) is 4.79 Å². The molecule has 0 fully saturated rings. The standard InChI is InChI=1S/C35H65NO4/c1-3-5-7-9-11-13-15-16-17-18-19-20-22-24-26-28-32(38)30-35(40)36-33(31-37)34(39)29-27-25-23-21-14-12-10-8-6-4-2/h6,8,14,21,27,29,32-34,37-39H,3-5,7,9-13,15-20,22-26,28,30-31H2,1-2H3,(H,36,40)/b8-6+,21-14+,29-27+. The Bertz CT molecular complexity index is 631. The highest BCUT2D eigenvalue weighted by Gasteiger charge is 2.20. The van der Waals surface area contributed by atoms with E-state index >= 15 is 0 Å². The molecule has 4 N–H and O–H groups in total. The first-order valence-electron chi connectivity index (χ1n) is 16.8. The van der Waals surface area contributed by atoms with Gasteiger partial charge in [0, 0.05) is 0 Å². The van der Waals surface area contributed by atoms with Crippen molar-refractivity contribution in [2.45, 2.75) is 173 Å². The first kappa shape index (κ1) is 38.6. The van der Waals surface area contributed by atoms with Crippen molar-refractivity contribution < 1.29 is 20.1 Å². The lowest BCUT2D eigenvalue weighted by Gasteiger charge is -2.21. The second-order valence-electron chi connectivity index (χ2n) is 11.4. The van der Waals surface area contributed by atoms with E-state index in [0.29, 0.717) is 6.42 Å². The van der Waals surface area contributed by atoms with Crippen LogP contribution in [-0.4, -0.2) is 46.1 Å². The quantitative estimate of drug-likeness (QED) is 0.0543. The van der Waals surface area contributed by atoms with Gasteiger partial charge in [0.05, 0.1) is 31.3 Å². The minimum atomic E-state index is -0.954. The molecule has 5 heteroatoms. The monoisotopic (exact) mass is 563 g/mol. The minimum absolute atomic E-state index is 0.00375. The number of carbonyl (C=O) groups is 1. The number of amides is 1. The fraction of sp³-hybridized carbons (Fsp3) is 0.800. The molecule has 0 aromatic rings. The molecule has 0 rings (SSSR count). The molecule has 0 saturated carbocycles. The van der Waals surface area contributed by atoms with Crippen LogP contribution in [0.1, 0.15) is 155 Å².